The minimum absolute atomic E-state index is 0.0531. The van der Waals surface area contributed by atoms with Gasteiger partial charge in [0, 0.05) is 6.54 Å². The van der Waals surface area contributed by atoms with E-state index in [0.29, 0.717) is 0 Å². The third kappa shape index (κ3) is 3.73. The van der Waals surface area contributed by atoms with Gasteiger partial charge >= 0.3 is 5.69 Å². The number of rotatable bonds is 6. The highest BCUT2D eigenvalue weighted by molar-refractivity contribution is 7.89. The predicted molar refractivity (Wildman–Crippen MR) is 72.2 cm³/mol. The number of nitro groups is 1. The molecule has 0 amide bonds. The predicted octanol–water partition coefficient (Wildman–Crippen LogP) is 2.30. The van der Waals surface area contributed by atoms with Crippen LogP contribution in [0.2, 0.25) is 0 Å². The Balaban J connectivity index is 3.11. The topological polar surface area (TPSA) is 89.3 Å². The number of nitro benzene ring substituents is 1. The second kappa shape index (κ2) is 6.27. The Morgan fingerprint density at radius 3 is 2.45 bits per heavy atom. The zero-order valence-corrected chi connectivity index (χ0v) is 12.3. The molecule has 0 bridgehead atoms. The molecule has 1 aromatic rings. The Bertz CT molecular complexity index is 601. The van der Waals surface area contributed by atoms with Crippen LogP contribution in [0.5, 0.6) is 0 Å². The maximum absolute atomic E-state index is 13.4. The van der Waals surface area contributed by atoms with Crippen molar-refractivity contribution in [3.05, 3.63) is 34.1 Å². The lowest BCUT2D eigenvalue weighted by Gasteiger charge is -2.16. The molecule has 0 aliphatic rings. The van der Waals surface area contributed by atoms with Gasteiger partial charge in [0.25, 0.3) is 0 Å². The molecule has 20 heavy (non-hydrogen) atoms. The first kappa shape index (κ1) is 16.5. The highest BCUT2D eigenvalue weighted by Crippen LogP contribution is 2.26. The molecule has 1 rings (SSSR count). The summed E-state index contributed by atoms with van der Waals surface area (Å²) in [7, 11) is -4.12. The van der Waals surface area contributed by atoms with Crippen molar-refractivity contribution in [2.75, 3.05) is 6.54 Å². The Kier molecular flexibility index (Phi) is 5.18. The normalized spacial score (nSPS) is 13.4. The molecule has 0 radical (unpaired) electrons. The smallest absolute Gasteiger partial charge is 0.258 e. The summed E-state index contributed by atoms with van der Waals surface area (Å²) in [6.45, 7) is 5.86. The van der Waals surface area contributed by atoms with Gasteiger partial charge in [-0.3, -0.25) is 10.1 Å². The average molecular weight is 304 g/mol. The molecule has 1 atom stereocenters. The number of benzene rings is 1. The van der Waals surface area contributed by atoms with E-state index >= 15 is 0 Å². The standard InChI is InChI=1S/C12H17FN2O4S/c1-8(2)9(3)7-14-20(18,19)11-6-4-5-10(13)12(11)15(16)17/h4-6,8-9,14H,7H2,1-3H3. The number of hydrogen-bond donors (Lipinski definition) is 1. The van der Waals surface area contributed by atoms with Crippen molar-refractivity contribution in [1.29, 1.82) is 0 Å². The lowest BCUT2D eigenvalue weighted by molar-refractivity contribution is -0.390. The van der Waals surface area contributed by atoms with Crippen LogP contribution in [0.15, 0.2) is 23.1 Å². The van der Waals surface area contributed by atoms with Crippen LogP contribution in [0.25, 0.3) is 0 Å². The monoisotopic (exact) mass is 304 g/mol. The summed E-state index contributed by atoms with van der Waals surface area (Å²) in [4.78, 5) is 9.12. The highest BCUT2D eigenvalue weighted by atomic mass is 32.2. The van der Waals surface area contributed by atoms with Gasteiger partial charge in [0.05, 0.1) is 4.92 Å². The van der Waals surface area contributed by atoms with Crippen LogP contribution >= 0.6 is 0 Å². The van der Waals surface area contributed by atoms with E-state index in [-0.39, 0.29) is 18.4 Å². The Morgan fingerprint density at radius 1 is 1.35 bits per heavy atom. The first-order chi connectivity index (χ1) is 9.16. The van der Waals surface area contributed by atoms with Gasteiger partial charge in [-0.2, -0.15) is 4.39 Å². The van der Waals surface area contributed by atoms with E-state index in [4.69, 9.17) is 0 Å². The second-order valence-electron chi connectivity index (χ2n) is 4.92. The molecule has 1 unspecified atom stereocenters. The van der Waals surface area contributed by atoms with Gasteiger partial charge in [0.2, 0.25) is 15.8 Å². The van der Waals surface area contributed by atoms with E-state index in [1.165, 1.54) is 0 Å². The van der Waals surface area contributed by atoms with Gasteiger partial charge in [-0.25, -0.2) is 13.1 Å². The molecule has 0 aliphatic carbocycles. The summed E-state index contributed by atoms with van der Waals surface area (Å²) in [5, 5.41) is 10.8. The molecule has 1 aromatic carbocycles. The van der Waals surface area contributed by atoms with Gasteiger partial charge in [-0.15, -0.1) is 0 Å². The van der Waals surface area contributed by atoms with Gasteiger partial charge in [-0.05, 0) is 24.0 Å². The van der Waals surface area contributed by atoms with Crippen molar-refractivity contribution < 1.29 is 17.7 Å². The molecule has 1 N–H and O–H groups in total. The van der Waals surface area contributed by atoms with Crippen molar-refractivity contribution in [2.45, 2.75) is 25.7 Å². The van der Waals surface area contributed by atoms with E-state index in [0.717, 1.165) is 18.2 Å². The molecule has 0 spiro atoms. The van der Waals surface area contributed by atoms with Crippen LogP contribution in [0.1, 0.15) is 20.8 Å². The third-order valence-corrected chi connectivity index (χ3v) is 4.61. The highest BCUT2D eigenvalue weighted by Gasteiger charge is 2.29. The first-order valence-electron chi connectivity index (χ1n) is 6.09. The minimum Gasteiger partial charge on any atom is -0.258 e. The molecular weight excluding hydrogens is 287 g/mol. The summed E-state index contributed by atoms with van der Waals surface area (Å²) in [6.07, 6.45) is 0. The summed E-state index contributed by atoms with van der Waals surface area (Å²) < 4.78 is 39.8. The number of halogens is 1. The van der Waals surface area contributed by atoms with Crippen LogP contribution in [-0.2, 0) is 10.0 Å². The molecule has 0 aromatic heterocycles. The van der Waals surface area contributed by atoms with E-state index < -0.39 is 31.3 Å². The number of para-hydroxylation sites is 1. The lowest BCUT2D eigenvalue weighted by Crippen LogP contribution is -2.30. The molecule has 0 fully saturated rings. The van der Waals surface area contributed by atoms with Crippen molar-refractivity contribution in [3.63, 3.8) is 0 Å². The van der Waals surface area contributed by atoms with Gasteiger partial charge < -0.3 is 0 Å². The number of nitrogens with one attached hydrogen (secondary N) is 1. The zero-order valence-electron chi connectivity index (χ0n) is 11.5. The quantitative estimate of drug-likeness (QED) is 0.645. The van der Waals surface area contributed by atoms with Crippen molar-refractivity contribution in [3.8, 4) is 0 Å². The molecule has 0 saturated carbocycles. The Labute approximate surface area is 117 Å². The van der Waals surface area contributed by atoms with Crippen molar-refractivity contribution >= 4 is 15.7 Å². The summed E-state index contributed by atoms with van der Waals surface area (Å²) >= 11 is 0. The number of nitrogens with zero attached hydrogens (tertiary/aromatic N) is 1. The molecule has 8 heteroatoms. The van der Waals surface area contributed by atoms with E-state index in [1.807, 2.05) is 20.8 Å². The third-order valence-electron chi connectivity index (χ3n) is 3.16. The minimum atomic E-state index is -4.12. The first-order valence-corrected chi connectivity index (χ1v) is 7.57. The Hall–Kier alpha value is -1.54. The summed E-state index contributed by atoms with van der Waals surface area (Å²) in [6, 6.07) is 3.00. The lowest BCUT2D eigenvalue weighted by atomic mass is 9.99. The van der Waals surface area contributed by atoms with Crippen LogP contribution < -0.4 is 4.72 Å². The fraction of sp³-hybridized carbons (Fsp3) is 0.500. The molecule has 0 saturated heterocycles. The maximum Gasteiger partial charge on any atom is 0.324 e. The van der Waals surface area contributed by atoms with Crippen LogP contribution in [0, 0.1) is 27.8 Å². The van der Waals surface area contributed by atoms with Crippen LogP contribution in [-0.4, -0.2) is 19.9 Å². The maximum atomic E-state index is 13.4. The van der Waals surface area contributed by atoms with Gasteiger partial charge in [-0.1, -0.05) is 26.8 Å². The van der Waals surface area contributed by atoms with Gasteiger partial charge in [0.1, 0.15) is 0 Å². The van der Waals surface area contributed by atoms with Crippen LogP contribution in [0.3, 0.4) is 0 Å². The zero-order chi connectivity index (χ0) is 15.5. The SMILES string of the molecule is CC(C)C(C)CNS(=O)(=O)c1cccc(F)c1[N+](=O)[O-]. The second-order valence-corrected chi connectivity index (χ2v) is 6.65. The summed E-state index contributed by atoms with van der Waals surface area (Å²) in [5.41, 5.74) is -1.03. The molecular formula is C12H17FN2O4S. The van der Waals surface area contributed by atoms with E-state index in [9.17, 15) is 22.9 Å². The van der Waals surface area contributed by atoms with E-state index in [2.05, 4.69) is 4.72 Å². The Morgan fingerprint density at radius 2 is 1.95 bits per heavy atom. The van der Waals surface area contributed by atoms with E-state index in [1.54, 1.807) is 0 Å². The fourth-order valence-electron chi connectivity index (χ4n) is 1.44. The number of hydrogen-bond acceptors (Lipinski definition) is 4. The van der Waals surface area contributed by atoms with Gasteiger partial charge in [0.15, 0.2) is 4.90 Å². The van der Waals surface area contributed by atoms with Crippen molar-refractivity contribution in [1.82, 2.24) is 4.72 Å². The molecule has 6 nitrogen and oxygen atoms in total. The average Bonchev–Trinajstić information content (AvgIpc) is 2.35. The molecule has 112 valence electrons. The fourth-order valence-corrected chi connectivity index (χ4v) is 2.77. The molecule has 0 aliphatic heterocycles. The number of sulfonamides is 1. The molecule has 0 heterocycles. The van der Waals surface area contributed by atoms with Crippen molar-refractivity contribution in [2.24, 2.45) is 11.8 Å². The summed E-state index contributed by atoms with van der Waals surface area (Å²) in [5.74, 6) is -0.868. The van der Waals surface area contributed by atoms with Crippen LogP contribution in [0.4, 0.5) is 10.1 Å². The largest absolute Gasteiger partial charge is 0.324 e.